The van der Waals surface area contributed by atoms with E-state index in [1.807, 2.05) is 121 Å². The predicted molar refractivity (Wildman–Crippen MR) is 231 cm³/mol. The van der Waals surface area contributed by atoms with Gasteiger partial charge in [0, 0.05) is 78.1 Å². The van der Waals surface area contributed by atoms with E-state index in [-0.39, 0.29) is 24.1 Å². The zero-order valence-corrected chi connectivity index (χ0v) is 36.4. The molecule has 4 aliphatic heterocycles. The fourth-order valence-corrected chi connectivity index (χ4v) is 8.05. The Bertz CT molecular complexity index is 2070. The summed E-state index contributed by atoms with van der Waals surface area (Å²) in [5.41, 5.74) is -0.756. The van der Waals surface area contributed by atoms with Crippen molar-refractivity contribution in [2.45, 2.75) is 50.3 Å². The number of nitrogens with zero attached hydrogens (tertiary/aromatic N) is 4. The van der Waals surface area contributed by atoms with Crippen LogP contribution < -0.4 is 21.3 Å². The van der Waals surface area contributed by atoms with E-state index < -0.39 is 46.5 Å². The van der Waals surface area contributed by atoms with Gasteiger partial charge in [0.05, 0.1) is 0 Å². The lowest BCUT2D eigenvalue weighted by Crippen LogP contribution is -2.61. The van der Waals surface area contributed by atoms with Gasteiger partial charge in [-0.1, -0.05) is 121 Å². The average Bonchev–Trinajstić information content (AvgIpc) is 3.79. The normalized spacial score (nSPS) is 23.0. The van der Waals surface area contributed by atoms with Gasteiger partial charge >= 0.3 is 24.1 Å². The van der Waals surface area contributed by atoms with Crippen LogP contribution >= 0.6 is 0 Å². The van der Waals surface area contributed by atoms with Crippen molar-refractivity contribution in [1.29, 1.82) is 0 Å². The summed E-state index contributed by atoms with van der Waals surface area (Å²) >= 11 is 0. The van der Waals surface area contributed by atoms with Crippen LogP contribution in [-0.2, 0) is 41.8 Å². The van der Waals surface area contributed by atoms with Crippen molar-refractivity contribution in [1.82, 2.24) is 40.9 Å². The molecule has 8 rings (SSSR count). The first-order valence-electron chi connectivity index (χ1n) is 19.2. The Morgan fingerprint density at radius 1 is 0.359 bits per heavy atom. The molecular weight excluding hydrogens is 833 g/mol. The molecule has 4 saturated heterocycles. The van der Waals surface area contributed by atoms with Gasteiger partial charge in [-0.05, 0) is 0 Å². The largest absolute Gasteiger partial charge is 0.481 e. The molecule has 8 amide bonds. The van der Waals surface area contributed by atoms with E-state index in [9.17, 15) is 19.2 Å². The second-order valence-corrected chi connectivity index (χ2v) is 14.3. The fraction of sp³-hybridized carbons (Fsp3) is 0.273. The summed E-state index contributed by atoms with van der Waals surface area (Å²) < 4.78 is 0. The minimum Gasteiger partial charge on any atom is -0.481 e. The van der Waals surface area contributed by atoms with Crippen LogP contribution in [0.3, 0.4) is 0 Å². The minimum atomic E-state index is -1.06. The fourth-order valence-electron chi connectivity index (χ4n) is 8.05. The van der Waals surface area contributed by atoms with Crippen molar-refractivity contribution >= 4 is 48.0 Å². The van der Waals surface area contributed by atoms with E-state index in [0.29, 0.717) is 0 Å². The van der Waals surface area contributed by atoms with Crippen LogP contribution in [0.2, 0.25) is 0 Å². The number of fused-ring (bicyclic) bond motifs is 2. The van der Waals surface area contributed by atoms with E-state index in [4.69, 9.17) is 39.6 Å². The number of carbonyl (C=O) groups is 8. The Morgan fingerprint density at radius 3 is 0.688 bits per heavy atom. The first kappa shape index (κ1) is 50.2. The summed E-state index contributed by atoms with van der Waals surface area (Å²) in [7, 11) is 6.85. The SMILES string of the molecule is CC(=O)O.CC(=O)O.CC(=O)O.CC(=O)O.CN1C(=O)NC2(c3ccccc3)NC(=O)N(C)C12c1ccccc1.CN1C(=O)NC2(c3ccccc3)NC(=O)N(C)C12c1ccccc1. The summed E-state index contributed by atoms with van der Waals surface area (Å²) in [5, 5.41) is 41.7. The Kier molecular flexibility index (Phi) is 16.2. The average molecular weight is 885 g/mol. The van der Waals surface area contributed by atoms with Gasteiger partial charge in [0.15, 0.2) is 22.7 Å². The van der Waals surface area contributed by atoms with E-state index in [1.54, 1.807) is 47.8 Å². The highest BCUT2D eigenvalue weighted by atomic mass is 16.4. The maximum absolute atomic E-state index is 12.6. The number of aliphatic carboxylic acids is 4. The maximum Gasteiger partial charge on any atom is 0.321 e. The molecule has 0 atom stereocenters. The van der Waals surface area contributed by atoms with Gasteiger partial charge in [0.25, 0.3) is 23.9 Å². The zero-order chi connectivity index (χ0) is 48.2. The Balaban J connectivity index is 0.000000256. The lowest BCUT2D eigenvalue weighted by Gasteiger charge is -2.44. The zero-order valence-electron chi connectivity index (χ0n) is 36.4. The standard InChI is InChI=1S/2C18H18N4O2.4C2H4O2/c2*1-21-15(23)19-17(13-9-5-3-6-10-13)18(21,22(2)16(24)20-17)14-11-7-4-8-12-14;4*1-2(3)4/h2*3-12H,1-2H3,(H,19,23)(H,20,24);4*1H3,(H,3,4). The number of hydrogen-bond donors (Lipinski definition) is 8. The highest BCUT2D eigenvalue weighted by molar-refractivity contribution is 5.90. The predicted octanol–water partition coefficient (Wildman–Crippen LogP) is 4.37. The van der Waals surface area contributed by atoms with Crippen LogP contribution in [0.15, 0.2) is 121 Å². The van der Waals surface area contributed by atoms with Crippen molar-refractivity contribution in [3.63, 3.8) is 0 Å². The van der Waals surface area contributed by atoms with Gasteiger partial charge in [-0.25, -0.2) is 19.2 Å². The molecule has 4 aromatic rings. The van der Waals surface area contributed by atoms with Crippen LogP contribution in [0.5, 0.6) is 0 Å². The van der Waals surface area contributed by atoms with E-state index >= 15 is 0 Å². The van der Waals surface area contributed by atoms with Crippen molar-refractivity contribution in [3.8, 4) is 0 Å². The number of carboxylic acids is 4. The Hall–Kier alpha value is -8.16. The molecule has 0 spiro atoms. The van der Waals surface area contributed by atoms with E-state index in [1.165, 1.54) is 0 Å². The van der Waals surface area contributed by atoms with Gasteiger partial charge < -0.3 is 41.7 Å². The molecule has 4 aliphatic rings. The monoisotopic (exact) mass is 884 g/mol. The molecule has 8 N–H and O–H groups in total. The molecule has 340 valence electrons. The summed E-state index contributed by atoms with van der Waals surface area (Å²) in [4.78, 5) is 92.9. The van der Waals surface area contributed by atoms with Crippen LogP contribution in [0, 0.1) is 0 Å². The van der Waals surface area contributed by atoms with Gasteiger partial charge in [-0.15, -0.1) is 0 Å². The summed E-state index contributed by atoms with van der Waals surface area (Å²) in [6.45, 7) is 4.33. The van der Waals surface area contributed by atoms with Crippen LogP contribution in [0.4, 0.5) is 19.2 Å². The summed E-state index contributed by atoms with van der Waals surface area (Å²) in [6.07, 6.45) is 0. The first-order chi connectivity index (χ1) is 30.0. The quantitative estimate of drug-likeness (QED) is 0.142. The van der Waals surface area contributed by atoms with Crippen LogP contribution in [0.1, 0.15) is 49.9 Å². The third-order valence-corrected chi connectivity index (χ3v) is 10.1. The Labute approximate surface area is 369 Å². The highest BCUT2D eigenvalue weighted by Gasteiger charge is 2.73. The van der Waals surface area contributed by atoms with Crippen LogP contribution in [-0.4, -0.2) is 116 Å². The lowest BCUT2D eigenvalue weighted by molar-refractivity contribution is -0.135. The molecule has 4 heterocycles. The van der Waals surface area contributed by atoms with Crippen molar-refractivity contribution in [3.05, 3.63) is 144 Å². The van der Waals surface area contributed by atoms with Gasteiger partial charge in [0.1, 0.15) is 0 Å². The summed E-state index contributed by atoms with van der Waals surface area (Å²) in [6, 6.07) is 37.3. The molecule has 0 aromatic heterocycles. The van der Waals surface area contributed by atoms with Gasteiger partial charge in [-0.3, -0.25) is 38.8 Å². The van der Waals surface area contributed by atoms with Crippen molar-refractivity contribution in [2.75, 3.05) is 28.2 Å². The number of rotatable bonds is 4. The number of likely N-dealkylation sites (N-methyl/N-ethyl adjacent to an activating group) is 4. The van der Waals surface area contributed by atoms with Gasteiger partial charge in [-0.2, -0.15) is 0 Å². The third-order valence-electron chi connectivity index (χ3n) is 10.1. The lowest BCUT2D eigenvalue weighted by atomic mass is 9.81. The second-order valence-electron chi connectivity index (χ2n) is 14.3. The second kappa shape index (κ2) is 20.6. The van der Waals surface area contributed by atoms with Gasteiger partial charge in [0.2, 0.25) is 0 Å². The molecule has 0 saturated carbocycles. The van der Waals surface area contributed by atoms with E-state index in [0.717, 1.165) is 49.9 Å². The number of nitrogens with one attached hydrogen (secondary N) is 4. The van der Waals surface area contributed by atoms with Crippen molar-refractivity contribution < 1.29 is 58.8 Å². The number of carbonyl (C=O) groups excluding carboxylic acids is 4. The maximum atomic E-state index is 12.6. The molecule has 4 fully saturated rings. The smallest absolute Gasteiger partial charge is 0.321 e. The molecule has 4 aromatic carbocycles. The molecule has 0 unspecified atom stereocenters. The molecule has 0 bridgehead atoms. The summed E-state index contributed by atoms with van der Waals surface area (Å²) in [5.74, 6) is -3.33. The number of benzene rings is 4. The molecule has 0 radical (unpaired) electrons. The molecular formula is C44H52N8O12. The topological polar surface area (TPSA) is 279 Å². The number of urea groups is 4. The molecule has 20 nitrogen and oxygen atoms in total. The minimum absolute atomic E-state index is 0.241. The van der Waals surface area contributed by atoms with E-state index in [2.05, 4.69) is 21.3 Å². The molecule has 20 heteroatoms. The molecule has 64 heavy (non-hydrogen) atoms. The molecule has 0 aliphatic carbocycles. The number of hydrogen-bond acceptors (Lipinski definition) is 8. The van der Waals surface area contributed by atoms with Crippen LogP contribution in [0.25, 0.3) is 0 Å². The number of carboxylic acid groups (broad SMARTS) is 4. The van der Waals surface area contributed by atoms with Crippen molar-refractivity contribution in [2.24, 2.45) is 0 Å². The Morgan fingerprint density at radius 2 is 0.516 bits per heavy atom. The first-order valence-corrected chi connectivity index (χ1v) is 19.2. The highest BCUT2D eigenvalue weighted by Crippen LogP contribution is 2.53. The number of amides is 8. The third kappa shape index (κ3) is 9.49.